The monoisotopic (exact) mass is 397 g/mol. The van der Waals surface area contributed by atoms with E-state index in [-0.39, 0.29) is 31.8 Å². The van der Waals surface area contributed by atoms with E-state index in [0.717, 1.165) is 46.3 Å². The molecular weight excluding hydrogens is 372 g/mol. The minimum absolute atomic E-state index is 0.101. The lowest BCUT2D eigenvalue weighted by molar-refractivity contribution is -0.0494. The molecule has 1 aliphatic rings. The highest BCUT2D eigenvalue weighted by molar-refractivity contribution is 5.95. The van der Waals surface area contributed by atoms with Gasteiger partial charge in [0, 0.05) is 43.3 Å². The Hall–Kier alpha value is -2.69. The second kappa shape index (κ2) is 7.62. The first kappa shape index (κ1) is 19.6. The highest BCUT2D eigenvalue weighted by Gasteiger charge is 2.35. The van der Waals surface area contributed by atoms with E-state index >= 15 is 0 Å². The summed E-state index contributed by atoms with van der Waals surface area (Å²) < 4.78 is 32.6. The molecule has 0 aliphatic carbocycles. The second-order valence-corrected chi connectivity index (χ2v) is 7.90. The fourth-order valence-electron chi connectivity index (χ4n) is 3.94. The lowest BCUT2D eigenvalue weighted by atomic mass is 9.99. The van der Waals surface area contributed by atoms with Crippen LogP contribution < -0.4 is 0 Å². The van der Waals surface area contributed by atoms with Crippen LogP contribution in [0.4, 0.5) is 8.78 Å². The lowest BCUT2D eigenvalue weighted by Gasteiger charge is -2.31. The number of rotatable bonds is 4. The number of nitrogens with zero attached hydrogens (tertiary/aromatic N) is 1. The van der Waals surface area contributed by atoms with Gasteiger partial charge in [0.1, 0.15) is 11.3 Å². The maximum atomic E-state index is 13.3. The molecule has 152 valence electrons. The number of aryl methyl sites for hydroxylation is 2. The van der Waals surface area contributed by atoms with E-state index in [0.29, 0.717) is 5.56 Å². The van der Waals surface area contributed by atoms with Crippen LogP contribution in [0.2, 0.25) is 0 Å². The smallest absolute Gasteiger partial charge is 0.253 e. The molecule has 0 atom stereocenters. The Morgan fingerprint density at radius 1 is 1.07 bits per heavy atom. The number of hydrogen-bond acceptors (Lipinski definition) is 2. The quantitative estimate of drug-likeness (QED) is 0.523. The molecule has 0 bridgehead atoms. The number of piperidine rings is 1. The summed E-state index contributed by atoms with van der Waals surface area (Å²) >= 11 is 0. The van der Waals surface area contributed by atoms with Gasteiger partial charge in [-0.05, 0) is 60.4 Å². The van der Waals surface area contributed by atoms with E-state index in [1.165, 1.54) is 4.90 Å². The number of hydrogen-bond donors (Lipinski definition) is 0. The Morgan fingerprint density at radius 2 is 1.76 bits per heavy atom. The number of likely N-dealkylation sites (tertiary alicyclic amines) is 1. The van der Waals surface area contributed by atoms with Crippen LogP contribution in [0.15, 0.2) is 46.9 Å². The number of carbonyl (C=O) groups excluding carboxylic acids is 1. The van der Waals surface area contributed by atoms with Gasteiger partial charge in [0.05, 0.1) is 0 Å². The average Bonchev–Trinajstić information content (AvgIpc) is 3.11. The molecule has 0 N–H and O–H groups in total. The molecule has 1 fully saturated rings. The molecule has 5 heteroatoms. The molecule has 1 aliphatic heterocycles. The van der Waals surface area contributed by atoms with E-state index in [9.17, 15) is 13.6 Å². The van der Waals surface area contributed by atoms with Crippen LogP contribution in [0, 0.1) is 6.92 Å². The summed E-state index contributed by atoms with van der Waals surface area (Å²) in [6.45, 7) is 4.37. The Morgan fingerprint density at radius 3 is 2.41 bits per heavy atom. The van der Waals surface area contributed by atoms with Crippen LogP contribution in [-0.2, 0) is 6.42 Å². The second-order valence-electron chi connectivity index (χ2n) is 7.90. The Labute approximate surface area is 169 Å². The van der Waals surface area contributed by atoms with Gasteiger partial charge in [-0.15, -0.1) is 0 Å². The van der Waals surface area contributed by atoms with Gasteiger partial charge >= 0.3 is 0 Å². The zero-order valence-electron chi connectivity index (χ0n) is 16.8. The molecule has 0 saturated carbocycles. The summed E-state index contributed by atoms with van der Waals surface area (Å²) in [6, 6.07) is 13.7. The van der Waals surface area contributed by atoms with Crippen LogP contribution in [0.5, 0.6) is 0 Å². The first-order chi connectivity index (χ1) is 13.9. The van der Waals surface area contributed by atoms with E-state index in [1.54, 1.807) is 12.1 Å². The molecule has 29 heavy (non-hydrogen) atoms. The van der Waals surface area contributed by atoms with Crippen molar-refractivity contribution in [3.63, 3.8) is 0 Å². The molecule has 3 aromatic rings. The minimum Gasteiger partial charge on any atom is -0.461 e. The fraction of sp³-hybridized carbons (Fsp3) is 0.375. The molecule has 1 amide bonds. The fourth-order valence-corrected chi connectivity index (χ4v) is 3.94. The third kappa shape index (κ3) is 4.04. The van der Waals surface area contributed by atoms with Gasteiger partial charge < -0.3 is 9.32 Å². The molecule has 2 aromatic carbocycles. The average molecular weight is 397 g/mol. The Balaban J connectivity index is 1.55. The molecule has 4 rings (SSSR count). The number of alkyl halides is 2. The summed E-state index contributed by atoms with van der Waals surface area (Å²) in [4.78, 5) is 14.1. The summed E-state index contributed by atoms with van der Waals surface area (Å²) in [5.41, 5.74) is 4.61. The van der Waals surface area contributed by atoms with Crippen LogP contribution >= 0.6 is 0 Å². The topological polar surface area (TPSA) is 33.5 Å². The van der Waals surface area contributed by atoms with Crippen molar-refractivity contribution < 1.29 is 18.0 Å². The standard InChI is InChI=1S/C24H25F2NO2/c1-3-4-21-15-20-14-19(13-16(2)22(20)29-21)17-5-7-18(8-6-17)23(28)27-11-9-24(25,26)10-12-27/h5-8,13-15H,3-4,9-12H2,1-2H3. The number of amides is 1. The van der Waals surface area contributed by atoms with E-state index < -0.39 is 5.92 Å². The number of halogens is 2. The number of carbonyl (C=O) groups is 1. The SMILES string of the molecule is CCCc1cc2cc(-c3ccc(C(=O)N4CCC(F)(F)CC4)cc3)cc(C)c2o1. The van der Waals surface area contributed by atoms with Crippen LogP contribution in [-0.4, -0.2) is 29.8 Å². The largest absolute Gasteiger partial charge is 0.461 e. The normalized spacial score (nSPS) is 16.3. The van der Waals surface area contributed by atoms with Gasteiger partial charge in [0.2, 0.25) is 0 Å². The summed E-state index contributed by atoms with van der Waals surface area (Å²) in [7, 11) is 0. The third-order valence-corrected chi connectivity index (χ3v) is 5.60. The van der Waals surface area contributed by atoms with Crippen molar-refractivity contribution in [2.24, 2.45) is 0 Å². The number of furan rings is 1. The summed E-state index contributed by atoms with van der Waals surface area (Å²) in [5, 5.41) is 1.08. The molecule has 0 radical (unpaired) electrons. The number of fused-ring (bicyclic) bond motifs is 1. The van der Waals surface area contributed by atoms with E-state index in [2.05, 4.69) is 25.1 Å². The zero-order chi connectivity index (χ0) is 20.6. The van der Waals surface area contributed by atoms with Gasteiger partial charge in [-0.2, -0.15) is 0 Å². The molecule has 3 nitrogen and oxygen atoms in total. The van der Waals surface area contributed by atoms with Gasteiger partial charge in [0.25, 0.3) is 11.8 Å². The van der Waals surface area contributed by atoms with Crippen molar-refractivity contribution >= 4 is 16.9 Å². The van der Waals surface area contributed by atoms with Gasteiger partial charge in [-0.1, -0.05) is 19.1 Å². The highest BCUT2D eigenvalue weighted by Crippen LogP contribution is 2.31. The van der Waals surface area contributed by atoms with Crippen molar-refractivity contribution in [2.45, 2.75) is 45.5 Å². The van der Waals surface area contributed by atoms with Crippen molar-refractivity contribution in [2.75, 3.05) is 13.1 Å². The maximum Gasteiger partial charge on any atom is 0.253 e. The Kier molecular flexibility index (Phi) is 5.15. The van der Waals surface area contributed by atoms with E-state index in [4.69, 9.17) is 4.42 Å². The molecule has 1 saturated heterocycles. The first-order valence-corrected chi connectivity index (χ1v) is 10.2. The molecule has 0 unspecified atom stereocenters. The predicted molar refractivity (Wildman–Crippen MR) is 110 cm³/mol. The van der Waals surface area contributed by atoms with Crippen molar-refractivity contribution in [3.05, 3.63) is 59.4 Å². The molecule has 0 spiro atoms. The van der Waals surface area contributed by atoms with Crippen molar-refractivity contribution in [1.29, 1.82) is 0 Å². The minimum atomic E-state index is -2.65. The molecule has 2 heterocycles. The van der Waals surface area contributed by atoms with Crippen LogP contribution in [0.1, 0.15) is 47.9 Å². The third-order valence-electron chi connectivity index (χ3n) is 5.60. The summed E-state index contributed by atoms with van der Waals surface area (Å²) in [5.74, 6) is -1.84. The van der Waals surface area contributed by atoms with E-state index in [1.807, 2.05) is 19.1 Å². The summed E-state index contributed by atoms with van der Waals surface area (Å²) in [6.07, 6.45) is 1.43. The zero-order valence-corrected chi connectivity index (χ0v) is 16.8. The molecule has 1 aromatic heterocycles. The first-order valence-electron chi connectivity index (χ1n) is 10.2. The van der Waals surface area contributed by atoms with Crippen molar-refractivity contribution in [3.8, 4) is 11.1 Å². The predicted octanol–water partition coefficient (Wildman–Crippen LogP) is 6.23. The highest BCUT2D eigenvalue weighted by atomic mass is 19.3. The van der Waals surface area contributed by atoms with Crippen LogP contribution in [0.25, 0.3) is 22.1 Å². The van der Waals surface area contributed by atoms with Gasteiger partial charge in [-0.25, -0.2) is 8.78 Å². The number of benzene rings is 2. The Bertz CT molecular complexity index is 1030. The lowest BCUT2D eigenvalue weighted by Crippen LogP contribution is -2.42. The maximum absolute atomic E-state index is 13.3. The van der Waals surface area contributed by atoms with Gasteiger partial charge in [-0.3, -0.25) is 4.79 Å². The van der Waals surface area contributed by atoms with Gasteiger partial charge in [0.15, 0.2) is 0 Å². The molecular formula is C24H25F2NO2. The van der Waals surface area contributed by atoms with Crippen LogP contribution in [0.3, 0.4) is 0 Å². The van der Waals surface area contributed by atoms with Crippen molar-refractivity contribution in [1.82, 2.24) is 4.90 Å².